The fraction of sp³-hybridized carbons (Fsp3) is 0.533. The third-order valence-electron chi connectivity index (χ3n) is 3.92. The van der Waals surface area contributed by atoms with E-state index in [0.29, 0.717) is 6.54 Å². The molecule has 0 bridgehead atoms. The Morgan fingerprint density at radius 3 is 2.16 bits per heavy atom. The van der Waals surface area contributed by atoms with Crippen LogP contribution < -0.4 is 16.8 Å². The summed E-state index contributed by atoms with van der Waals surface area (Å²) in [5.74, 6) is -0.00598. The maximum atomic E-state index is 12.3. The van der Waals surface area contributed by atoms with Gasteiger partial charge in [-0.05, 0) is 37.5 Å². The number of nitrogens with two attached hydrogens (primary N) is 2. The zero-order valence-electron chi connectivity index (χ0n) is 12.1. The lowest BCUT2D eigenvalue weighted by Gasteiger charge is -2.28. The van der Waals surface area contributed by atoms with Crippen molar-refractivity contribution in [3.05, 3.63) is 29.8 Å². The number of nitrogens with one attached hydrogen (secondary N) is 1. The van der Waals surface area contributed by atoms with Gasteiger partial charge in [0.05, 0.1) is 5.41 Å². The molecule has 4 heteroatoms. The molecule has 0 radical (unpaired) electrons. The van der Waals surface area contributed by atoms with E-state index in [1.54, 1.807) is 0 Å². The lowest BCUT2D eigenvalue weighted by Crippen LogP contribution is -2.41. The molecule has 0 fully saturated rings. The molecule has 0 aliphatic carbocycles. The minimum Gasteiger partial charge on any atom is -0.329 e. The van der Waals surface area contributed by atoms with Crippen molar-refractivity contribution in [2.24, 2.45) is 16.9 Å². The Morgan fingerprint density at radius 2 is 1.79 bits per heavy atom. The molecule has 0 aliphatic heterocycles. The number of benzene rings is 1. The minimum atomic E-state index is -0.472. The van der Waals surface area contributed by atoms with Crippen LogP contribution in [0.3, 0.4) is 0 Å². The lowest BCUT2D eigenvalue weighted by atomic mass is 9.81. The Bertz CT molecular complexity index is 400. The molecule has 1 aromatic carbocycles. The molecule has 0 heterocycles. The van der Waals surface area contributed by atoms with Gasteiger partial charge in [0.25, 0.3) is 0 Å². The monoisotopic (exact) mass is 263 g/mol. The van der Waals surface area contributed by atoms with Gasteiger partial charge in [0.15, 0.2) is 0 Å². The Kier molecular flexibility index (Phi) is 5.51. The predicted octanol–water partition coefficient (Wildman–Crippen LogP) is 2.41. The predicted molar refractivity (Wildman–Crippen MR) is 79.7 cm³/mol. The van der Waals surface area contributed by atoms with E-state index in [1.165, 1.54) is 0 Å². The first kappa shape index (κ1) is 15.7. The van der Waals surface area contributed by atoms with Crippen molar-refractivity contribution >= 4 is 11.6 Å². The average molecular weight is 263 g/mol. The SMILES string of the molecule is CCC(CC)(CN)C(=O)Nc1ccc(C(C)N)cc1. The molecule has 1 amide bonds. The van der Waals surface area contributed by atoms with Crippen LogP contribution in [0.1, 0.15) is 45.2 Å². The van der Waals surface area contributed by atoms with Crippen LogP contribution in [0.4, 0.5) is 5.69 Å². The van der Waals surface area contributed by atoms with Gasteiger partial charge in [0.1, 0.15) is 0 Å². The van der Waals surface area contributed by atoms with Gasteiger partial charge in [0, 0.05) is 18.3 Å². The summed E-state index contributed by atoms with van der Waals surface area (Å²) in [6.07, 6.45) is 1.48. The summed E-state index contributed by atoms with van der Waals surface area (Å²) in [7, 11) is 0. The Hall–Kier alpha value is -1.39. The third kappa shape index (κ3) is 3.55. The van der Waals surface area contributed by atoms with Crippen LogP contribution in [-0.2, 0) is 4.79 Å². The topological polar surface area (TPSA) is 81.1 Å². The molecule has 1 unspecified atom stereocenters. The number of carbonyl (C=O) groups excluding carboxylic acids is 1. The summed E-state index contributed by atoms with van der Waals surface area (Å²) >= 11 is 0. The summed E-state index contributed by atoms with van der Waals surface area (Å²) in [6.45, 7) is 6.29. The van der Waals surface area contributed by atoms with E-state index in [9.17, 15) is 4.79 Å². The highest BCUT2D eigenvalue weighted by atomic mass is 16.2. The number of rotatable bonds is 6. The molecule has 1 rings (SSSR count). The lowest BCUT2D eigenvalue weighted by molar-refractivity contribution is -0.125. The summed E-state index contributed by atoms with van der Waals surface area (Å²) in [4.78, 5) is 12.3. The quantitative estimate of drug-likeness (QED) is 0.737. The molecule has 0 aromatic heterocycles. The number of hydrogen-bond donors (Lipinski definition) is 3. The standard InChI is InChI=1S/C15H25N3O/c1-4-15(5-2,10-16)14(19)18-13-8-6-12(7-9-13)11(3)17/h6-9,11H,4-5,10,16-17H2,1-3H3,(H,18,19). The van der Waals surface area contributed by atoms with Crippen LogP contribution in [-0.4, -0.2) is 12.5 Å². The number of carbonyl (C=O) groups is 1. The molecular formula is C15H25N3O. The molecule has 0 saturated heterocycles. The largest absolute Gasteiger partial charge is 0.329 e. The van der Waals surface area contributed by atoms with Crippen LogP contribution in [0.25, 0.3) is 0 Å². The van der Waals surface area contributed by atoms with Crippen LogP contribution in [0, 0.1) is 5.41 Å². The van der Waals surface area contributed by atoms with Crippen LogP contribution >= 0.6 is 0 Å². The van der Waals surface area contributed by atoms with Gasteiger partial charge >= 0.3 is 0 Å². The molecule has 1 atom stereocenters. The number of hydrogen-bond acceptors (Lipinski definition) is 3. The average Bonchev–Trinajstić information content (AvgIpc) is 2.42. The highest BCUT2D eigenvalue weighted by Gasteiger charge is 2.33. The van der Waals surface area contributed by atoms with Crippen molar-refractivity contribution in [2.75, 3.05) is 11.9 Å². The van der Waals surface area contributed by atoms with E-state index >= 15 is 0 Å². The molecule has 19 heavy (non-hydrogen) atoms. The van der Waals surface area contributed by atoms with E-state index < -0.39 is 5.41 Å². The number of anilines is 1. The van der Waals surface area contributed by atoms with Crippen LogP contribution in [0.5, 0.6) is 0 Å². The highest BCUT2D eigenvalue weighted by Crippen LogP contribution is 2.27. The zero-order valence-corrected chi connectivity index (χ0v) is 12.1. The van der Waals surface area contributed by atoms with Gasteiger partial charge < -0.3 is 16.8 Å². The molecule has 4 nitrogen and oxygen atoms in total. The Labute approximate surface area is 115 Å². The zero-order chi connectivity index (χ0) is 14.5. The van der Waals surface area contributed by atoms with E-state index in [4.69, 9.17) is 11.5 Å². The van der Waals surface area contributed by atoms with E-state index in [1.807, 2.05) is 45.0 Å². The second-order valence-electron chi connectivity index (χ2n) is 5.06. The highest BCUT2D eigenvalue weighted by molar-refractivity contribution is 5.95. The fourth-order valence-corrected chi connectivity index (χ4v) is 2.09. The van der Waals surface area contributed by atoms with Gasteiger partial charge in [-0.1, -0.05) is 26.0 Å². The summed E-state index contributed by atoms with van der Waals surface area (Å²) in [6, 6.07) is 7.62. The van der Waals surface area contributed by atoms with Gasteiger partial charge in [-0.2, -0.15) is 0 Å². The van der Waals surface area contributed by atoms with Crippen molar-refractivity contribution in [3.8, 4) is 0 Å². The first-order valence-electron chi connectivity index (χ1n) is 6.86. The third-order valence-corrected chi connectivity index (χ3v) is 3.92. The van der Waals surface area contributed by atoms with Crippen molar-refractivity contribution in [1.82, 2.24) is 0 Å². The second kappa shape index (κ2) is 6.68. The fourth-order valence-electron chi connectivity index (χ4n) is 2.09. The van der Waals surface area contributed by atoms with Gasteiger partial charge in [-0.3, -0.25) is 4.79 Å². The Balaban J connectivity index is 2.81. The first-order chi connectivity index (χ1) is 8.99. The van der Waals surface area contributed by atoms with Crippen LogP contribution in [0.15, 0.2) is 24.3 Å². The van der Waals surface area contributed by atoms with Crippen molar-refractivity contribution in [1.29, 1.82) is 0 Å². The molecule has 1 aromatic rings. The second-order valence-corrected chi connectivity index (χ2v) is 5.06. The van der Waals surface area contributed by atoms with E-state index in [-0.39, 0.29) is 11.9 Å². The van der Waals surface area contributed by atoms with Gasteiger partial charge in [-0.25, -0.2) is 0 Å². The molecule has 0 saturated carbocycles. The summed E-state index contributed by atoms with van der Waals surface area (Å²) in [5.41, 5.74) is 12.9. The van der Waals surface area contributed by atoms with Crippen molar-refractivity contribution < 1.29 is 4.79 Å². The molecule has 0 spiro atoms. The van der Waals surface area contributed by atoms with Gasteiger partial charge in [-0.15, -0.1) is 0 Å². The maximum absolute atomic E-state index is 12.3. The number of amides is 1. The van der Waals surface area contributed by atoms with Crippen molar-refractivity contribution in [3.63, 3.8) is 0 Å². The van der Waals surface area contributed by atoms with E-state index in [0.717, 1.165) is 24.1 Å². The normalized spacial score (nSPS) is 13.1. The van der Waals surface area contributed by atoms with Crippen molar-refractivity contribution in [2.45, 2.75) is 39.7 Å². The molecule has 0 aliphatic rings. The summed E-state index contributed by atoms with van der Waals surface area (Å²) < 4.78 is 0. The minimum absolute atomic E-state index is 0.000771. The first-order valence-corrected chi connectivity index (χ1v) is 6.86. The Morgan fingerprint density at radius 1 is 1.26 bits per heavy atom. The molecular weight excluding hydrogens is 238 g/mol. The van der Waals surface area contributed by atoms with Gasteiger partial charge in [0.2, 0.25) is 5.91 Å². The molecule has 106 valence electrons. The maximum Gasteiger partial charge on any atom is 0.231 e. The molecule has 5 N–H and O–H groups in total. The summed E-state index contributed by atoms with van der Waals surface area (Å²) in [5, 5.41) is 2.94. The smallest absolute Gasteiger partial charge is 0.231 e. The van der Waals surface area contributed by atoms with Crippen LogP contribution in [0.2, 0.25) is 0 Å². The van der Waals surface area contributed by atoms with E-state index in [2.05, 4.69) is 5.32 Å².